The molecule has 3 aromatic rings. The van der Waals surface area contributed by atoms with Gasteiger partial charge < -0.3 is 20.1 Å². The van der Waals surface area contributed by atoms with Crippen molar-refractivity contribution in [1.29, 1.82) is 0 Å². The van der Waals surface area contributed by atoms with E-state index < -0.39 is 24.0 Å². The van der Waals surface area contributed by atoms with Crippen molar-refractivity contribution in [2.24, 2.45) is 0 Å². The molecular weight excluding hydrogens is 467 g/mol. The molecule has 7 nitrogen and oxygen atoms in total. The molecule has 3 rings (SSSR count). The van der Waals surface area contributed by atoms with Crippen LogP contribution in [-0.4, -0.2) is 24.0 Å². The van der Waals surface area contributed by atoms with Crippen LogP contribution < -0.4 is 15.4 Å². The summed E-state index contributed by atoms with van der Waals surface area (Å²) in [5.74, 6) is -1.36. The molecule has 9 heteroatoms. The summed E-state index contributed by atoms with van der Waals surface area (Å²) in [4.78, 5) is 37.3. The second-order valence-corrected chi connectivity index (χ2v) is 7.83. The van der Waals surface area contributed by atoms with Gasteiger partial charge in [-0.3, -0.25) is 4.79 Å². The number of hydrogen-bond donors (Lipinski definition) is 2. The predicted molar refractivity (Wildman–Crippen MR) is 126 cm³/mol. The van der Waals surface area contributed by atoms with Crippen molar-refractivity contribution in [3.8, 4) is 5.75 Å². The number of amides is 2. The Morgan fingerprint density at radius 2 is 1.64 bits per heavy atom. The minimum Gasteiger partial charge on any atom is -0.445 e. The molecule has 3 aromatic carbocycles. The lowest BCUT2D eigenvalue weighted by Crippen LogP contribution is -2.41. The summed E-state index contributed by atoms with van der Waals surface area (Å²) in [5.41, 5.74) is 1.30. The Bertz CT molecular complexity index is 1150. The molecule has 0 aromatic heterocycles. The van der Waals surface area contributed by atoms with E-state index in [0.29, 0.717) is 10.7 Å². The number of carbonyl (C=O) groups is 3. The van der Waals surface area contributed by atoms with Gasteiger partial charge in [0.05, 0.1) is 5.56 Å². The highest BCUT2D eigenvalue weighted by Gasteiger charge is 2.22. The van der Waals surface area contributed by atoms with E-state index in [1.807, 2.05) is 30.3 Å². The third-order valence-corrected chi connectivity index (χ3v) is 4.85. The van der Waals surface area contributed by atoms with Crippen molar-refractivity contribution in [3.05, 3.63) is 94.0 Å². The van der Waals surface area contributed by atoms with Crippen LogP contribution in [0.1, 0.15) is 22.8 Å². The molecule has 0 unspecified atom stereocenters. The molecule has 0 saturated carbocycles. The Kier molecular flexibility index (Phi) is 8.29. The zero-order valence-electron chi connectivity index (χ0n) is 17.5. The molecule has 0 radical (unpaired) electrons. The number of anilines is 1. The van der Waals surface area contributed by atoms with Crippen LogP contribution in [0.4, 0.5) is 10.5 Å². The number of rotatable bonds is 7. The quantitative estimate of drug-likeness (QED) is 0.341. The molecule has 2 N–H and O–H groups in total. The first-order chi connectivity index (χ1) is 15.8. The van der Waals surface area contributed by atoms with Crippen molar-refractivity contribution < 1.29 is 23.9 Å². The van der Waals surface area contributed by atoms with E-state index >= 15 is 0 Å². The molecule has 2 amide bonds. The zero-order valence-corrected chi connectivity index (χ0v) is 19.0. The topological polar surface area (TPSA) is 93.7 Å². The van der Waals surface area contributed by atoms with Crippen LogP contribution >= 0.6 is 23.2 Å². The fraction of sp³-hybridized carbons (Fsp3) is 0.125. The standard InChI is InChI=1S/C24H20Cl2N2O5/c1-15(27-24(31)32-14-16-6-3-2-4-7-16)23(30)33-21-11-10-18(26)13-20(21)22(29)28-19-9-5-8-17(25)12-19/h2-13,15H,14H2,1H3,(H,27,31)(H,28,29)/t15-/m0/s1. The predicted octanol–water partition coefficient (Wildman–Crippen LogP) is 5.47. The van der Waals surface area contributed by atoms with Gasteiger partial charge in [0.2, 0.25) is 0 Å². The Balaban J connectivity index is 1.62. The fourth-order valence-electron chi connectivity index (χ4n) is 2.73. The van der Waals surface area contributed by atoms with Crippen LogP contribution in [0.25, 0.3) is 0 Å². The number of carbonyl (C=O) groups excluding carboxylic acids is 3. The van der Waals surface area contributed by atoms with Gasteiger partial charge in [0.1, 0.15) is 18.4 Å². The lowest BCUT2D eigenvalue weighted by molar-refractivity contribution is -0.136. The summed E-state index contributed by atoms with van der Waals surface area (Å²) in [6, 6.07) is 18.9. The van der Waals surface area contributed by atoms with Crippen LogP contribution in [0.15, 0.2) is 72.8 Å². The SMILES string of the molecule is C[C@H](NC(=O)OCc1ccccc1)C(=O)Oc1ccc(Cl)cc1C(=O)Nc1cccc(Cl)c1. The molecule has 170 valence electrons. The first kappa shape index (κ1) is 24.1. The van der Waals surface area contributed by atoms with E-state index in [0.717, 1.165) is 5.56 Å². The van der Waals surface area contributed by atoms with Gasteiger partial charge in [-0.25, -0.2) is 9.59 Å². The average molecular weight is 487 g/mol. The Morgan fingerprint density at radius 3 is 2.36 bits per heavy atom. The normalized spacial score (nSPS) is 11.2. The van der Waals surface area contributed by atoms with Crippen molar-refractivity contribution >= 4 is 46.9 Å². The third-order valence-electron chi connectivity index (χ3n) is 4.38. The molecule has 0 spiro atoms. The third kappa shape index (κ3) is 7.24. The van der Waals surface area contributed by atoms with E-state index in [4.69, 9.17) is 32.7 Å². The minimum absolute atomic E-state index is 0.0183. The van der Waals surface area contributed by atoms with Crippen LogP contribution in [0.2, 0.25) is 10.0 Å². The molecule has 0 aliphatic rings. The maximum Gasteiger partial charge on any atom is 0.408 e. The molecule has 1 atom stereocenters. The first-order valence-corrected chi connectivity index (χ1v) is 10.6. The van der Waals surface area contributed by atoms with Crippen LogP contribution in [0.3, 0.4) is 0 Å². The van der Waals surface area contributed by atoms with Crippen molar-refractivity contribution in [1.82, 2.24) is 5.32 Å². The Morgan fingerprint density at radius 1 is 0.909 bits per heavy atom. The molecule has 0 fully saturated rings. The second kappa shape index (κ2) is 11.4. The summed E-state index contributed by atoms with van der Waals surface area (Å²) < 4.78 is 10.5. The molecule has 0 aliphatic carbocycles. The largest absolute Gasteiger partial charge is 0.445 e. The molecule has 0 heterocycles. The number of hydrogen-bond acceptors (Lipinski definition) is 5. The maximum atomic E-state index is 12.8. The Hall–Kier alpha value is -3.55. The van der Waals surface area contributed by atoms with Crippen molar-refractivity contribution in [2.45, 2.75) is 19.6 Å². The highest BCUT2D eigenvalue weighted by Crippen LogP contribution is 2.25. The van der Waals surface area contributed by atoms with E-state index in [2.05, 4.69) is 10.6 Å². The lowest BCUT2D eigenvalue weighted by atomic mass is 10.1. The molecule has 0 bridgehead atoms. The van der Waals surface area contributed by atoms with Gasteiger partial charge in [-0.2, -0.15) is 0 Å². The summed E-state index contributed by atoms with van der Waals surface area (Å²) in [6.07, 6.45) is -0.779. The van der Waals surface area contributed by atoms with E-state index in [1.54, 1.807) is 24.3 Å². The van der Waals surface area contributed by atoms with E-state index in [1.165, 1.54) is 25.1 Å². The van der Waals surface area contributed by atoms with E-state index in [-0.39, 0.29) is 22.9 Å². The maximum absolute atomic E-state index is 12.8. The first-order valence-electron chi connectivity index (χ1n) is 9.87. The molecule has 0 saturated heterocycles. The highest BCUT2D eigenvalue weighted by atomic mass is 35.5. The van der Waals surface area contributed by atoms with Gasteiger partial charge in [0, 0.05) is 15.7 Å². The Labute approximate surface area is 200 Å². The fourth-order valence-corrected chi connectivity index (χ4v) is 3.09. The molecule has 33 heavy (non-hydrogen) atoms. The molecular formula is C24H20Cl2N2O5. The van der Waals surface area contributed by atoms with Crippen molar-refractivity contribution in [3.63, 3.8) is 0 Å². The van der Waals surface area contributed by atoms with Gasteiger partial charge >= 0.3 is 12.1 Å². The number of esters is 1. The van der Waals surface area contributed by atoms with E-state index in [9.17, 15) is 14.4 Å². The number of halogens is 2. The van der Waals surface area contributed by atoms with Crippen LogP contribution in [0, 0.1) is 0 Å². The summed E-state index contributed by atoms with van der Waals surface area (Å²) in [7, 11) is 0. The van der Waals surface area contributed by atoms with Gasteiger partial charge in [0.25, 0.3) is 5.91 Å². The van der Waals surface area contributed by atoms with Crippen LogP contribution in [-0.2, 0) is 16.1 Å². The van der Waals surface area contributed by atoms with Crippen LogP contribution in [0.5, 0.6) is 5.75 Å². The van der Waals surface area contributed by atoms with Gasteiger partial charge in [0.15, 0.2) is 0 Å². The smallest absolute Gasteiger partial charge is 0.408 e. The van der Waals surface area contributed by atoms with Gasteiger partial charge in [-0.1, -0.05) is 59.6 Å². The summed E-state index contributed by atoms with van der Waals surface area (Å²) >= 11 is 12.0. The van der Waals surface area contributed by atoms with Gasteiger partial charge in [-0.05, 0) is 48.9 Å². The second-order valence-electron chi connectivity index (χ2n) is 6.95. The monoisotopic (exact) mass is 486 g/mol. The zero-order chi connectivity index (χ0) is 23.8. The lowest BCUT2D eigenvalue weighted by Gasteiger charge is -2.15. The summed E-state index contributed by atoms with van der Waals surface area (Å²) in [6.45, 7) is 1.49. The molecule has 0 aliphatic heterocycles. The number of benzene rings is 3. The number of alkyl carbamates (subject to hydrolysis) is 1. The number of nitrogens with one attached hydrogen (secondary N) is 2. The van der Waals surface area contributed by atoms with Crippen molar-refractivity contribution in [2.75, 3.05) is 5.32 Å². The number of ether oxygens (including phenoxy) is 2. The highest BCUT2D eigenvalue weighted by molar-refractivity contribution is 6.31. The average Bonchev–Trinajstić information content (AvgIpc) is 2.79. The minimum atomic E-state index is -1.03. The van der Waals surface area contributed by atoms with Gasteiger partial charge in [-0.15, -0.1) is 0 Å². The summed E-state index contributed by atoms with van der Waals surface area (Å²) in [5, 5.41) is 5.80.